The highest BCUT2D eigenvalue weighted by Crippen LogP contribution is 2.41. The molecule has 5 heterocycles. The van der Waals surface area contributed by atoms with Gasteiger partial charge in [0.1, 0.15) is 10.7 Å². The third-order valence-corrected chi connectivity index (χ3v) is 7.61. The molecule has 6 rings (SSSR count). The van der Waals surface area contributed by atoms with Crippen LogP contribution in [-0.4, -0.2) is 54.6 Å². The van der Waals surface area contributed by atoms with Crippen LogP contribution < -0.4 is 20.9 Å². The van der Waals surface area contributed by atoms with E-state index in [0.29, 0.717) is 6.54 Å². The van der Waals surface area contributed by atoms with Gasteiger partial charge in [0, 0.05) is 66.0 Å². The molecule has 0 aliphatic carbocycles. The minimum Gasteiger partial charge on any atom is -0.381 e. The van der Waals surface area contributed by atoms with Crippen molar-refractivity contribution in [3.05, 3.63) is 47.0 Å². The number of nitrogens with zero attached hydrogens (tertiary/aromatic N) is 3. The normalized spacial score (nSPS) is 18.7. The minimum absolute atomic E-state index is 0.00689. The van der Waals surface area contributed by atoms with Gasteiger partial charge in [-0.2, -0.15) is 0 Å². The van der Waals surface area contributed by atoms with E-state index in [1.54, 1.807) is 0 Å². The number of benzene rings is 1. The van der Waals surface area contributed by atoms with E-state index in [-0.39, 0.29) is 11.9 Å². The molecule has 0 radical (unpaired) electrons. The van der Waals surface area contributed by atoms with Gasteiger partial charge < -0.3 is 20.9 Å². The number of piperazine rings is 1. The fourth-order valence-electron chi connectivity index (χ4n) is 4.80. The Morgan fingerprint density at radius 2 is 2.00 bits per heavy atom. The highest BCUT2D eigenvalue weighted by Gasteiger charge is 2.25. The third kappa shape index (κ3) is 3.50. The lowest BCUT2D eigenvalue weighted by Crippen LogP contribution is -2.44. The molecule has 8 heteroatoms. The average molecular weight is 459 g/mol. The molecule has 2 aliphatic heterocycles. The Bertz CT molecular complexity index is 1390. The predicted molar refractivity (Wildman–Crippen MR) is 136 cm³/mol. The van der Waals surface area contributed by atoms with Crippen molar-refractivity contribution in [2.24, 2.45) is 0 Å². The summed E-state index contributed by atoms with van der Waals surface area (Å²) in [4.78, 5) is 25.5. The number of aryl methyl sites for hydroxylation is 1. The molecule has 1 fully saturated rings. The number of carbonyl (C=O) groups excluding carboxylic acids is 1. The summed E-state index contributed by atoms with van der Waals surface area (Å²) in [5.74, 6) is 1.05. The standard InChI is InChI=1S/C25H26N6OS/c1-14-11-16(13-28-24(14)31-9-7-26-8-10-31)18-4-3-17-19(30-18)5-6-20-21(17)22-23(33-20)25(32)29-15(2)12-27-22/h3-6,11,13,15,26-27H,7-10,12H2,1-2H3,(H,29,32). The first-order valence-corrected chi connectivity index (χ1v) is 12.2. The summed E-state index contributed by atoms with van der Waals surface area (Å²) in [5, 5.41) is 12.1. The maximum Gasteiger partial charge on any atom is 0.263 e. The van der Waals surface area contributed by atoms with Crippen molar-refractivity contribution < 1.29 is 4.79 Å². The van der Waals surface area contributed by atoms with Crippen molar-refractivity contribution in [1.29, 1.82) is 0 Å². The van der Waals surface area contributed by atoms with Gasteiger partial charge in [-0.1, -0.05) is 0 Å². The minimum atomic E-state index is -0.00689. The third-order valence-electron chi connectivity index (χ3n) is 6.45. The molecule has 0 bridgehead atoms. The summed E-state index contributed by atoms with van der Waals surface area (Å²) < 4.78 is 1.09. The smallest absolute Gasteiger partial charge is 0.263 e. The molecular weight excluding hydrogens is 432 g/mol. The van der Waals surface area contributed by atoms with Crippen LogP contribution in [0.3, 0.4) is 0 Å². The lowest BCUT2D eigenvalue weighted by Gasteiger charge is -2.29. The average Bonchev–Trinajstić information content (AvgIpc) is 3.15. The maximum absolute atomic E-state index is 12.7. The van der Waals surface area contributed by atoms with Gasteiger partial charge in [-0.3, -0.25) is 4.79 Å². The SMILES string of the molecule is Cc1cc(-c2ccc3c(ccc4sc5c(c43)NCC(C)NC5=O)n2)cnc1N1CCNCC1. The van der Waals surface area contributed by atoms with Crippen LogP contribution in [0.2, 0.25) is 0 Å². The topological polar surface area (TPSA) is 82.2 Å². The zero-order valence-corrected chi connectivity index (χ0v) is 19.6. The van der Waals surface area contributed by atoms with Gasteiger partial charge in [0.25, 0.3) is 5.91 Å². The zero-order chi connectivity index (χ0) is 22.5. The summed E-state index contributed by atoms with van der Waals surface area (Å²) in [6.07, 6.45) is 1.93. The van der Waals surface area contributed by atoms with E-state index in [1.807, 2.05) is 19.2 Å². The Morgan fingerprint density at radius 3 is 2.82 bits per heavy atom. The highest BCUT2D eigenvalue weighted by molar-refractivity contribution is 7.21. The van der Waals surface area contributed by atoms with Crippen LogP contribution in [0, 0.1) is 6.92 Å². The Labute approximate surface area is 196 Å². The van der Waals surface area contributed by atoms with Crippen molar-refractivity contribution in [2.75, 3.05) is 42.9 Å². The first-order valence-electron chi connectivity index (χ1n) is 11.4. The van der Waals surface area contributed by atoms with Crippen LogP contribution in [0.25, 0.3) is 32.2 Å². The number of anilines is 2. The molecule has 1 atom stereocenters. The number of nitrogens with one attached hydrogen (secondary N) is 3. The van der Waals surface area contributed by atoms with Gasteiger partial charge >= 0.3 is 0 Å². The Kier molecular flexibility index (Phi) is 4.92. The zero-order valence-electron chi connectivity index (χ0n) is 18.7. The number of fused-ring (bicyclic) bond motifs is 5. The lowest BCUT2D eigenvalue weighted by atomic mass is 10.1. The van der Waals surface area contributed by atoms with Crippen LogP contribution in [0.5, 0.6) is 0 Å². The van der Waals surface area contributed by atoms with Crippen LogP contribution in [0.1, 0.15) is 22.2 Å². The van der Waals surface area contributed by atoms with Crippen molar-refractivity contribution in [3.63, 3.8) is 0 Å². The molecule has 3 aromatic heterocycles. The first-order chi connectivity index (χ1) is 16.1. The number of hydrogen-bond donors (Lipinski definition) is 3. The molecule has 3 N–H and O–H groups in total. The number of aromatic nitrogens is 2. The quantitative estimate of drug-likeness (QED) is 0.424. The molecule has 1 unspecified atom stereocenters. The molecule has 1 amide bonds. The van der Waals surface area contributed by atoms with Crippen molar-refractivity contribution in [2.45, 2.75) is 19.9 Å². The number of rotatable bonds is 2. The van der Waals surface area contributed by atoms with E-state index in [4.69, 9.17) is 9.97 Å². The Balaban J connectivity index is 1.41. The fourth-order valence-corrected chi connectivity index (χ4v) is 5.90. The molecule has 7 nitrogen and oxygen atoms in total. The van der Waals surface area contributed by atoms with Crippen LogP contribution in [0.4, 0.5) is 11.5 Å². The second-order valence-electron chi connectivity index (χ2n) is 8.87. The maximum atomic E-state index is 12.7. The lowest BCUT2D eigenvalue weighted by molar-refractivity contribution is 0.0949. The summed E-state index contributed by atoms with van der Waals surface area (Å²) in [7, 11) is 0. The molecule has 0 saturated carbocycles. The molecule has 33 heavy (non-hydrogen) atoms. The summed E-state index contributed by atoms with van der Waals surface area (Å²) in [5.41, 5.74) is 4.94. The van der Waals surface area contributed by atoms with Crippen LogP contribution >= 0.6 is 11.3 Å². The monoisotopic (exact) mass is 458 g/mol. The van der Waals surface area contributed by atoms with E-state index in [1.165, 1.54) is 16.9 Å². The Hall–Kier alpha value is -3.23. The second kappa shape index (κ2) is 7.97. The van der Waals surface area contributed by atoms with Crippen molar-refractivity contribution in [1.82, 2.24) is 20.6 Å². The van der Waals surface area contributed by atoms with E-state index >= 15 is 0 Å². The summed E-state index contributed by atoms with van der Waals surface area (Å²) in [6.45, 7) is 8.78. The fraction of sp³-hybridized carbons (Fsp3) is 0.320. The van der Waals surface area contributed by atoms with Gasteiger partial charge in [0.15, 0.2) is 0 Å². The number of carbonyl (C=O) groups is 1. The molecule has 168 valence electrons. The van der Waals surface area contributed by atoms with Gasteiger partial charge in [-0.15, -0.1) is 11.3 Å². The van der Waals surface area contributed by atoms with Crippen LogP contribution in [0.15, 0.2) is 36.5 Å². The number of thiophene rings is 1. The largest absolute Gasteiger partial charge is 0.381 e. The molecule has 1 saturated heterocycles. The Morgan fingerprint density at radius 1 is 1.15 bits per heavy atom. The van der Waals surface area contributed by atoms with Crippen LogP contribution in [-0.2, 0) is 0 Å². The van der Waals surface area contributed by atoms with E-state index < -0.39 is 0 Å². The predicted octanol–water partition coefficient (Wildman–Crippen LogP) is 3.77. The molecule has 0 spiro atoms. The summed E-state index contributed by atoms with van der Waals surface area (Å²) >= 11 is 1.53. The number of amides is 1. The van der Waals surface area contributed by atoms with Crippen molar-refractivity contribution in [3.8, 4) is 11.3 Å². The molecule has 2 aliphatic rings. The van der Waals surface area contributed by atoms with Gasteiger partial charge in [0.05, 0.1) is 16.9 Å². The van der Waals surface area contributed by atoms with Gasteiger partial charge in [-0.05, 0) is 49.7 Å². The van der Waals surface area contributed by atoms with E-state index in [0.717, 1.165) is 74.8 Å². The molecule has 1 aromatic carbocycles. The van der Waals surface area contributed by atoms with E-state index in [9.17, 15) is 4.79 Å². The first kappa shape index (κ1) is 20.4. The van der Waals surface area contributed by atoms with E-state index in [2.05, 4.69) is 52.0 Å². The molecular formula is C25H26N6OS. The van der Waals surface area contributed by atoms with Gasteiger partial charge in [-0.25, -0.2) is 9.97 Å². The number of pyridine rings is 2. The second-order valence-corrected chi connectivity index (χ2v) is 9.92. The van der Waals surface area contributed by atoms with Gasteiger partial charge in [0.2, 0.25) is 0 Å². The molecule has 4 aromatic rings. The van der Waals surface area contributed by atoms with Crippen molar-refractivity contribution >= 4 is 49.7 Å². The summed E-state index contributed by atoms with van der Waals surface area (Å²) in [6, 6.07) is 10.6. The number of hydrogen-bond acceptors (Lipinski definition) is 7. The highest BCUT2D eigenvalue weighted by atomic mass is 32.1.